The Morgan fingerprint density at radius 2 is 1.69 bits per heavy atom. The second kappa shape index (κ2) is 12.3. The van der Waals surface area contributed by atoms with E-state index in [9.17, 15) is 4.79 Å². The van der Waals surface area contributed by atoms with E-state index >= 15 is 0 Å². The molecule has 0 unspecified atom stereocenters. The summed E-state index contributed by atoms with van der Waals surface area (Å²) in [5, 5.41) is 10.4. The molecule has 1 aromatic heterocycles. The number of fused-ring (bicyclic) bond motifs is 1. The van der Waals surface area contributed by atoms with Crippen LogP contribution in [0.25, 0.3) is 10.9 Å². The van der Waals surface area contributed by atoms with E-state index < -0.39 is 0 Å². The number of piperidine rings is 1. The lowest BCUT2D eigenvalue weighted by Gasteiger charge is -2.16. The molecule has 1 fully saturated rings. The van der Waals surface area contributed by atoms with Crippen molar-refractivity contribution in [3.8, 4) is 17.2 Å². The molecule has 9 heteroatoms. The monoisotopic (exact) mass is 525 g/mol. The fourth-order valence-electron chi connectivity index (χ4n) is 4.36. The van der Waals surface area contributed by atoms with Crippen molar-refractivity contribution in [3.63, 3.8) is 0 Å². The van der Waals surface area contributed by atoms with Crippen molar-refractivity contribution in [2.24, 2.45) is 0 Å². The predicted molar refractivity (Wildman–Crippen MR) is 152 cm³/mol. The Balaban J connectivity index is 1.30. The van der Waals surface area contributed by atoms with Crippen LogP contribution in [0, 0.1) is 0 Å². The highest BCUT2D eigenvalue weighted by Gasteiger charge is 2.14. The van der Waals surface area contributed by atoms with Crippen molar-refractivity contribution in [1.82, 2.24) is 15.3 Å². The molecule has 3 aromatic carbocycles. The molecule has 1 aliphatic rings. The topological polar surface area (TPSA) is 107 Å². The molecule has 5 rings (SSSR count). The van der Waals surface area contributed by atoms with Gasteiger partial charge in [0.1, 0.15) is 36.0 Å². The third kappa shape index (κ3) is 6.63. The number of carbonyl (C=O) groups is 1. The third-order valence-electron chi connectivity index (χ3n) is 6.48. The van der Waals surface area contributed by atoms with Crippen LogP contribution in [0.15, 0.2) is 78.6 Å². The van der Waals surface area contributed by atoms with Gasteiger partial charge in [0.2, 0.25) is 5.91 Å². The van der Waals surface area contributed by atoms with E-state index in [0.29, 0.717) is 29.4 Å². The fraction of sp³-hybridized carbons (Fsp3) is 0.233. The first kappa shape index (κ1) is 26.0. The number of methoxy groups -OCH3 is 2. The summed E-state index contributed by atoms with van der Waals surface area (Å²) in [4.78, 5) is 21.6. The molecule has 4 aromatic rings. The Bertz CT molecular complexity index is 1460. The highest BCUT2D eigenvalue weighted by Crippen LogP contribution is 2.33. The van der Waals surface area contributed by atoms with Gasteiger partial charge in [-0.15, -0.1) is 0 Å². The first-order valence-electron chi connectivity index (χ1n) is 12.8. The maximum atomic E-state index is 12.7. The van der Waals surface area contributed by atoms with Crippen LogP contribution in [-0.4, -0.2) is 43.2 Å². The minimum absolute atomic E-state index is 0.180. The second-order valence-electron chi connectivity index (χ2n) is 9.12. The van der Waals surface area contributed by atoms with Gasteiger partial charge in [-0.1, -0.05) is 17.7 Å². The van der Waals surface area contributed by atoms with Gasteiger partial charge in [0.05, 0.1) is 25.4 Å². The number of rotatable bonds is 9. The second-order valence-corrected chi connectivity index (χ2v) is 9.12. The summed E-state index contributed by atoms with van der Waals surface area (Å²) in [6, 6.07) is 19.1. The van der Waals surface area contributed by atoms with E-state index in [1.165, 1.54) is 6.33 Å². The minimum Gasteiger partial charge on any atom is -0.497 e. The van der Waals surface area contributed by atoms with Crippen LogP contribution in [0.5, 0.6) is 17.2 Å². The summed E-state index contributed by atoms with van der Waals surface area (Å²) in [5.41, 5.74) is 4.27. The van der Waals surface area contributed by atoms with Crippen LogP contribution >= 0.6 is 0 Å². The number of nitrogens with one attached hydrogen (secondary N) is 3. The van der Waals surface area contributed by atoms with Crippen LogP contribution in [0.1, 0.15) is 18.4 Å². The van der Waals surface area contributed by atoms with Gasteiger partial charge in [0.25, 0.3) is 0 Å². The quantitative estimate of drug-likeness (QED) is 0.256. The Morgan fingerprint density at radius 1 is 0.949 bits per heavy atom. The molecule has 0 saturated carbocycles. The Hall–Kier alpha value is -4.63. The highest BCUT2D eigenvalue weighted by molar-refractivity contribution is 6.04. The Labute approximate surface area is 227 Å². The first-order valence-corrected chi connectivity index (χ1v) is 12.8. The molecule has 200 valence electrons. The molecule has 9 nitrogen and oxygen atoms in total. The van der Waals surface area contributed by atoms with Crippen molar-refractivity contribution < 1.29 is 19.0 Å². The zero-order chi connectivity index (χ0) is 27.0. The maximum absolute atomic E-state index is 12.7. The highest BCUT2D eigenvalue weighted by atomic mass is 16.5. The average Bonchev–Trinajstić information content (AvgIpc) is 2.97. The SMILES string of the molecule is COc1ccc(COc2ccc(Nc3ncnc4cc(OC)c(NC(=O)C=C5CCNCC5)cc34)cc2)cc1. The number of nitrogens with zero attached hydrogens (tertiary/aromatic N) is 2. The fourth-order valence-corrected chi connectivity index (χ4v) is 4.36. The van der Waals surface area contributed by atoms with E-state index in [1.54, 1.807) is 26.4 Å². The molecule has 1 amide bonds. The van der Waals surface area contributed by atoms with E-state index in [0.717, 1.165) is 59.6 Å². The predicted octanol–water partition coefficient (Wildman–Crippen LogP) is 5.22. The smallest absolute Gasteiger partial charge is 0.248 e. The number of aromatic nitrogens is 2. The van der Waals surface area contributed by atoms with Crippen molar-refractivity contribution in [3.05, 3.63) is 84.2 Å². The van der Waals surface area contributed by atoms with E-state index in [-0.39, 0.29) is 5.91 Å². The number of amides is 1. The summed E-state index contributed by atoms with van der Waals surface area (Å²) < 4.78 is 16.7. The lowest BCUT2D eigenvalue weighted by atomic mass is 10.1. The third-order valence-corrected chi connectivity index (χ3v) is 6.48. The molecular formula is C30H31N5O4. The van der Waals surface area contributed by atoms with Crippen molar-refractivity contribution in [2.45, 2.75) is 19.4 Å². The van der Waals surface area contributed by atoms with Crippen LogP contribution in [0.3, 0.4) is 0 Å². The Kier molecular flexibility index (Phi) is 8.18. The molecule has 1 saturated heterocycles. The summed E-state index contributed by atoms with van der Waals surface area (Å²) >= 11 is 0. The lowest BCUT2D eigenvalue weighted by molar-refractivity contribution is -0.112. The van der Waals surface area contributed by atoms with Crippen LogP contribution in [0.4, 0.5) is 17.2 Å². The number of anilines is 3. The van der Waals surface area contributed by atoms with Crippen molar-refractivity contribution in [1.29, 1.82) is 0 Å². The van der Waals surface area contributed by atoms with Gasteiger partial charge in [-0.05, 0) is 74.0 Å². The number of hydrogen-bond donors (Lipinski definition) is 3. The number of benzene rings is 3. The molecule has 3 N–H and O–H groups in total. The zero-order valence-corrected chi connectivity index (χ0v) is 22.0. The van der Waals surface area contributed by atoms with E-state index in [2.05, 4.69) is 25.9 Å². The molecule has 2 heterocycles. The first-order chi connectivity index (χ1) is 19.1. The normalized spacial score (nSPS) is 13.0. The minimum atomic E-state index is -0.180. The summed E-state index contributed by atoms with van der Waals surface area (Å²) in [5.74, 6) is 2.53. The van der Waals surface area contributed by atoms with E-state index in [1.807, 2.05) is 54.6 Å². The number of hydrogen-bond acceptors (Lipinski definition) is 8. The van der Waals surface area contributed by atoms with Crippen LogP contribution < -0.4 is 30.2 Å². The average molecular weight is 526 g/mol. The summed E-state index contributed by atoms with van der Waals surface area (Å²) in [7, 11) is 3.22. The Morgan fingerprint density at radius 3 is 2.41 bits per heavy atom. The molecule has 39 heavy (non-hydrogen) atoms. The number of ether oxygens (including phenoxy) is 3. The molecule has 0 bridgehead atoms. The molecular weight excluding hydrogens is 494 g/mol. The number of carbonyl (C=O) groups excluding carboxylic acids is 1. The largest absolute Gasteiger partial charge is 0.497 e. The van der Waals surface area contributed by atoms with Gasteiger partial charge >= 0.3 is 0 Å². The van der Waals surface area contributed by atoms with Crippen molar-refractivity contribution >= 4 is 34.0 Å². The molecule has 0 spiro atoms. The van der Waals surface area contributed by atoms with E-state index in [4.69, 9.17) is 14.2 Å². The zero-order valence-electron chi connectivity index (χ0n) is 22.0. The van der Waals surface area contributed by atoms with Gasteiger partial charge in [0, 0.05) is 23.2 Å². The molecule has 0 atom stereocenters. The van der Waals surface area contributed by atoms with Gasteiger partial charge in [-0.25, -0.2) is 9.97 Å². The lowest BCUT2D eigenvalue weighted by Crippen LogP contribution is -2.24. The van der Waals surface area contributed by atoms with Crippen LogP contribution in [-0.2, 0) is 11.4 Å². The molecule has 0 radical (unpaired) electrons. The standard InChI is InChI=1S/C30H31N5O4/c1-37-23-7-3-21(4-8-23)18-39-24-9-5-22(6-10-24)34-30-25-16-27(28(38-2)17-26(25)32-19-33-30)35-29(36)15-20-11-13-31-14-12-20/h3-10,15-17,19,31H,11-14,18H2,1-2H3,(H,35,36)(H,32,33,34). The summed E-state index contributed by atoms with van der Waals surface area (Å²) in [6.07, 6.45) is 4.92. The van der Waals surface area contributed by atoms with Crippen LogP contribution in [0.2, 0.25) is 0 Å². The molecule has 1 aliphatic heterocycles. The molecule has 0 aliphatic carbocycles. The van der Waals surface area contributed by atoms with Gasteiger partial charge in [-0.2, -0.15) is 0 Å². The van der Waals surface area contributed by atoms with Gasteiger partial charge < -0.3 is 30.2 Å². The van der Waals surface area contributed by atoms with Gasteiger partial charge in [-0.3, -0.25) is 4.79 Å². The van der Waals surface area contributed by atoms with Gasteiger partial charge in [0.15, 0.2) is 0 Å². The van der Waals surface area contributed by atoms with Crippen molar-refractivity contribution in [2.75, 3.05) is 37.9 Å². The maximum Gasteiger partial charge on any atom is 0.248 e. The summed E-state index contributed by atoms with van der Waals surface area (Å²) in [6.45, 7) is 2.23.